The molecule has 3 heterocycles. The average molecular weight is 305 g/mol. The lowest BCUT2D eigenvalue weighted by Crippen LogP contribution is -2.38. The molecule has 2 fully saturated rings. The standard InChI is InChI=1S/C19H15NO3/c1-19-10-9-14(23-19)15-16(19)18(22)20(17(15)21)13-8-4-6-11-5-2-3-7-12(11)13/h2-10,14-16H,1H3. The van der Waals surface area contributed by atoms with Crippen molar-refractivity contribution in [1.29, 1.82) is 0 Å². The number of nitrogens with zero attached hydrogens (tertiary/aromatic N) is 1. The summed E-state index contributed by atoms with van der Waals surface area (Å²) in [4.78, 5) is 27.4. The van der Waals surface area contributed by atoms with Crippen molar-refractivity contribution in [2.24, 2.45) is 11.8 Å². The summed E-state index contributed by atoms with van der Waals surface area (Å²) >= 11 is 0. The molecule has 0 saturated carbocycles. The molecule has 4 heteroatoms. The van der Waals surface area contributed by atoms with Gasteiger partial charge in [0.2, 0.25) is 11.8 Å². The molecule has 0 aliphatic carbocycles. The van der Waals surface area contributed by atoms with Gasteiger partial charge in [0, 0.05) is 5.39 Å². The summed E-state index contributed by atoms with van der Waals surface area (Å²) in [7, 11) is 0. The van der Waals surface area contributed by atoms with Crippen LogP contribution in [-0.2, 0) is 14.3 Å². The van der Waals surface area contributed by atoms with E-state index in [1.165, 1.54) is 4.90 Å². The zero-order valence-electron chi connectivity index (χ0n) is 12.6. The lowest BCUT2D eigenvalue weighted by Gasteiger charge is -2.24. The molecule has 23 heavy (non-hydrogen) atoms. The maximum atomic E-state index is 13.0. The van der Waals surface area contributed by atoms with Crippen molar-refractivity contribution in [3.63, 3.8) is 0 Å². The number of ether oxygens (including phenoxy) is 1. The van der Waals surface area contributed by atoms with Crippen molar-refractivity contribution in [3.8, 4) is 0 Å². The van der Waals surface area contributed by atoms with E-state index < -0.39 is 17.4 Å². The van der Waals surface area contributed by atoms with Gasteiger partial charge in [0.15, 0.2) is 0 Å². The minimum Gasteiger partial charge on any atom is -0.362 e. The third kappa shape index (κ3) is 1.49. The van der Waals surface area contributed by atoms with Gasteiger partial charge in [0.25, 0.3) is 0 Å². The number of amides is 2. The van der Waals surface area contributed by atoms with Crippen LogP contribution in [0.1, 0.15) is 6.92 Å². The van der Waals surface area contributed by atoms with Crippen LogP contribution >= 0.6 is 0 Å². The van der Waals surface area contributed by atoms with E-state index in [0.717, 1.165) is 10.8 Å². The average Bonchev–Trinajstić information content (AvgIpc) is 3.16. The highest BCUT2D eigenvalue weighted by Gasteiger charge is 2.66. The topological polar surface area (TPSA) is 46.6 Å². The zero-order chi connectivity index (χ0) is 15.8. The van der Waals surface area contributed by atoms with Crippen LogP contribution in [0.3, 0.4) is 0 Å². The molecule has 0 spiro atoms. The first-order valence-electron chi connectivity index (χ1n) is 7.83. The molecular weight excluding hydrogens is 290 g/mol. The first-order chi connectivity index (χ1) is 11.1. The van der Waals surface area contributed by atoms with Crippen LogP contribution in [0, 0.1) is 11.8 Å². The van der Waals surface area contributed by atoms with Crippen LogP contribution in [-0.4, -0.2) is 23.5 Å². The van der Waals surface area contributed by atoms with Gasteiger partial charge in [0.1, 0.15) is 0 Å². The Kier molecular flexibility index (Phi) is 2.31. The summed E-state index contributed by atoms with van der Waals surface area (Å²) in [5, 5.41) is 1.94. The molecular formula is C19H15NO3. The van der Waals surface area contributed by atoms with E-state index in [-0.39, 0.29) is 17.9 Å². The van der Waals surface area contributed by atoms with Crippen molar-refractivity contribution in [2.45, 2.75) is 18.6 Å². The summed E-state index contributed by atoms with van der Waals surface area (Å²) in [6.45, 7) is 1.89. The van der Waals surface area contributed by atoms with Gasteiger partial charge < -0.3 is 4.74 Å². The van der Waals surface area contributed by atoms with Crippen molar-refractivity contribution >= 4 is 28.3 Å². The molecule has 2 aromatic rings. The SMILES string of the molecule is CC12C=CC(O1)C1C(=O)N(c3cccc4ccccc34)C(=O)C12. The molecule has 4 nitrogen and oxygen atoms in total. The molecule has 4 atom stereocenters. The molecule has 2 bridgehead atoms. The number of hydrogen-bond donors (Lipinski definition) is 0. The van der Waals surface area contributed by atoms with Crippen molar-refractivity contribution in [2.75, 3.05) is 4.90 Å². The second kappa shape index (κ2) is 4.09. The summed E-state index contributed by atoms with van der Waals surface area (Å²) in [6, 6.07) is 13.5. The predicted molar refractivity (Wildman–Crippen MR) is 85.8 cm³/mol. The van der Waals surface area contributed by atoms with E-state index in [1.54, 1.807) is 0 Å². The molecule has 2 amide bonds. The number of carbonyl (C=O) groups is 2. The van der Waals surface area contributed by atoms with E-state index in [2.05, 4.69) is 0 Å². The fourth-order valence-corrected chi connectivity index (χ4v) is 4.29. The quantitative estimate of drug-likeness (QED) is 0.601. The molecule has 0 aromatic heterocycles. The van der Waals surface area contributed by atoms with E-state index >= 15 is 0 Å². The van der Waals surface area contributed by atoms with Gasteiger partial charge in [-0.05, 0) is 18.4 Å². The highest BCUT2D eigenvalue weighted by Crippen LogP contribution is 2.52. The second-order valence-corrected chi connectivity index (χ2v) is 6.64. The van der Waals surface area contributed by atoms with Gasteiger partial charge in [-0.2, -0.15) is 0 Å². The third-order valence-corrected chi connectivity index (χ3v) is 5.34. The molecule has 0 radical (unpaired) electrons. The largest absolute Gasteiger partial charge is 0.362 e. The van der Waals surface area contributed by atoms with Crippen LogP contribution in [0.15, 0.2) is 54.6 Å². The maximum absolute atomic E-state index is 13.0. The molecule has 0 N–H and O–H groups in total. The summed E-state index contributed by atoms with van der Waals surface area (Å²) in [5.41, 5.74) is 0.0250. The lowest BCUT2D eigenvalue weighted by molar-refractivity contribution is -0.126. The molecule has 4 unspecified atom stereocenters. The van der Waals surface area contributed by atoms with E-state index in [4.69, 9.17) is 4.74 Å². The lowest BCUT2D eigenvalue weighted by atomic mass is 9.78. The Bertz CT molecular complexity index is 897. The number of hydrogen-bond acceptors (Lipinski definition) is 3. The van der Waals surface area contributed by atoms with Crippen LogP contribution in [0.2, 0.25) is 0 Å². The second-order valence-electron chi connectivity index (χ2n) is 6.64. The normalized spacial score (nSPS) is 34.7. The molecule has 114 valence electrons. The minimum atomic E-state index is -0.651. The first-order valence-corrected chi connectivity index (χ1v) is 7.83. The maximum Gasteiger partial charge on any atom is 0.241 e. The minimum absolute atomic E-state index is 0.144. The Morgan fingerprint density at radius 2 is 1.83 bits per heavy atom. The van der Waals surface area contributed by atoms with E-state index in [1.807, 2.05) is 61.5 Å². The monoisotopic (exact) mass is 305 g/mol. The smallest absolute Gasteiger partial charge is 0.241 e. The number of fused-ring (bicyclic) bond motifs is 6. The van der Waals surface area contributed by atoms with Gasteiger partial charge in [-0.25, -0.2) is 4.90 Å². The molecule has 2 saturated heterocycles. The Balaban J connectivity index is 1.68. The van der Waals surface area contributed by atoms with E-state index in [0.29, 0.717) is 5.69 Å². The predicted octanol–water partition coefficient (Wildman–Crippen LogP) is 2.67. The van der Waals surface area contributed by atoms with E-state index in [9.17, 15) is 9.59 Å². The van der Waals surface area contributed by atoms with Crippen molar-refractivity contribution in [3.05, 3.63) is 54.6 Å². The number of imide groups is 1. The molecule has 3 aliphatic heterocycles. The van der Waals surface area contributed by atoms with Crippen LogP contribution in [0.5, 0.6) is 0 Å². The van der Waals surface area contributed by atoms with Gasteiger partial charge in [-0.1, -0.05) is 48.6 Å². The Morgan fingerprint density at radius 1 is 1.04 bits per heavy atom. The van der Waals surface area contributed by atoms with Crippen LogP contribution < -0.4 is 4.90 Å². The fraction of sp³-hybridized carbons (Fsp3) is 0.263. The van der Waals surface area contributed by atoms with Gasteiger partial charge in [-0.3, -0.25) is 9.59 Å². The summed E-state index contributed by atoms with van der Waals surface area (Å²) < 4.78 is 5.86. The Labute approximate surface area is 133 Å². The van der Waals surface area contributed by atoms with Crippen molar-refractivity contribution in [1.82, 2.24) is 0 Å². The summed E-state index contributed by atoms with van der Waals surface area (Å²) in [6.07, 6.45) is 3.57. The molecule has 3 aliphatic rings. The van der Waals surface area contributed by atoms with Gasteiger partial charge in [-0.15, -0.1) is 0 Å². The summed E-state index contributed by atoms with van der Waals surface area (Å²) in [5.74, 6) is -1.10. The Morgan fingerprint density at radius 3 is 2.65 bits per heavy atom. The van der Waals surface area contributed by atoms with Crippen LogP contribution in [0.25, 0.3) is 10.8 Å². The number of carbonyl (C=O) groups excluding carboxylic acids is 2. The third-order valence-electron chi connectivity index (χ3n) is 5.34. The number of anilines is 1. The highest BCUT2D eigenvalue weighted by molar-refractivity contribution is 6.26. The fourth-order valence-electron chi connectivity index (χ4n) is 4.29. The van der Waals surface area contributed by atoms with Crippen molar-refractivity contribution < 1.29 is 14.3 Å². The number of rotatable bonds is 1. The van der Waals surface area contributed by atoms with Gasteiger partial charge in [0.05, 0.1) is 29.2 Å². The van der Waals surface area contributed by atoms with Crippen LogP contribution in [0.4, 0.5) is 5.69 Å². The zero-order valence-corrected chi connectivity index (χ0v) is 12.6. The number of benzene rings is 2. The molecule has 5 rings (SSSR count). The first kappa shape index (κ1) is 13.0. The highest BCUT2D eigenvalue weighted by atomic mass is 16.5. The Hall–Kier alpha value is -2.46. The van der Waals surface area contributed by atoms with Gasteiger partial charge >= 0.3 is 0 Å². The molecule has 2 aromatic carbocycles.